The molecule has 2 aromatic rings. The van der Waals surface area contributed by atoms with Crippen molar-refractivity contribution < 1.29 is 19.2 Å². The molecule has 0 atom stereocenters. The summed E-state index contributed by atoms with van der Waals surface area (Å²) in [7, 11) is 1.41. The minimum Gasteiger partial charge on any atom is -0.495 e. The number of benzene rings is 2. The normalized spacial score (nSPS) is 10.0. The van der Waals surface area contributed by atoms with Gasteiger partial charge in [0.05, 0.1) is 22.7 Å². The fourth-order valence-electron chi connectivity index (χ4n) is 1.96. The minimum absolute atomic E-state index is 0.0655. The van der Waals surface area contributed by atoms with Gasteiger partial charge in [0, 0.05) is 16.6 Å². The number of nitrogens with one attached hydrogen (secondary N) is 2. The summed E-state index contributed by atoms with van der Waals surface area (Å²) in [6.07, 6.45) is 0. The lowest BCUT2D eigenvalue weighted by Crippen LogP contribution is -2.37. The van der Waals surface area contributed by atoms with E-state index in [0.29, 0.717) is 16.5 Å². The van der Waals surface area contributed by atoms with Gasteiger partial charge in [0.1, 0.15) is 11.5 Å². The summed E-state index contributed by atoms with van der Waals surface area (Å²) < 4.78 is 11.2. The number of hydrogen-bond acceptors (Lipinski definition) is 6. The van der Waals surface area contributed by atoms with Crippen LogP contribution in [0.25, 0.3) is 0 Å². The number of nitro benzene ring substituents is 1. The Morgan fingerprint density at radius 3 is 2.63 bits per heavy atom. The smallest absolute Gasteiger partial charge is 0.271 e. The van der Waals surface area contributed by atoms with Gasteiger partial charge in [0.2, 0.25) is 0 Å². The largest absolute Gasteiger partial charge is 0.495 e. The van der Waals surface area contributed by atoms with Gasteiger partial charge in [-0.05, 0) is 36.5 Å². The molecule has 0 saturated heterocycles. The van der Waals surface area contributed by atoms with Crippen molar-refractivity contribution in [1.82, 2.24) is 5.32 Å². The number of amides is 1. The number of nitrogens with zero attached hydrogens (tertiary/aromatic N) is 1. The van der Waals surface area contributed by atoms with Crippen molar-refractivity contribution >= 4 is 62.1 Å². The quantitative estimate of drug-likeness (QED) is 0.372. The van der Waals surface area contributed by atoms with Crippen molar-refractivity contribution in [3.8, 4) is 11.5 Å². The van der Waals surface area contributed by atoms with E-state index in [9.17, 15) is 14.9 Å². The molecule has 2 N–H and O–H groups in total. The second kappa shape index (κ2) is 9.49. The fraction of sp³-hybridized carbons (Fsp3) is 0.125. The van der Waals surface area contributed by atoms with Crippen LogP contribution in [0.3, 0.4) is 0 Å². The molecule has 0 aliphatic carbocycles. The van der Waals surface area contributed by atoms with Crippen LogP contribution < -0.4 is 20.1 Å². The number of rotatable bonds is 6. The molecule has 0 saturated carbocycles. The number of thiocarbonyl (C=S) groups is 1. The maximum absolute atomic E-state index is 12.0. The first-order valence-electron chi connectivity index (χ1n) is 7.31. The number of hydrogen-bond donors (Lipinski definition) is 2. The zero-order valence-corrected chi connectivity index (χ0v) is 17.0. The summed E-state index contributed by atoms with van der Waals surface area (Å²) in [5, 5.41) is 16.3. The SMILES string of the molecule is COc1ccc([N+](=O)[O-])cc1NC(=S)NC(=O)COc1ccc(Br)cc1Cl. The van der Waals surface area contributed by atoms with Gasteiger partial charge in [-0.25, -0.2) is 0 Å². The number of anilines is 1. The van der Waals surface area contributed by atoms with Crippen molar-refractivity contribution in [2.45, 2.75) is 0 Å². The summed E-state index contributed by atoms with van der Waals surface area (Å²) in [5.41, 5.74) is 0.0921. The number of carbonyl (C=O) groups excluding carboxylic acids is 1. The molecule has 0 heterocycles. The van der Waals surface area contributed by atoms with E-state index in [1.54, 1.807) is 18.2 Å². The van der Waals surface area contributed by atoms with Crippen LogP contribution >= 0.6 is 39.7 Å². The topological polar surface area (TPSA) is 103 Å². The van der Waals surface area contributed by atoms with Crippen LogP contribution in [0.2, 0.25) is 5.02 Å². The monoisotopic (exact) mass is 473 g/mol. The highest BCUT2D eigenvalue weighted by Gasteiger charge is 2.14. The number of halogens is 2. The van der Waals surface area contributed by atoms with Crippen LogP contribution in [-0.2, 0) is 4.79 Å². The Hall–Kier alpha value is -2.43. The number of carbonyl (C=O) groups is 1. The van der Waals surface area contributed by atoms with Crippen LogP contribution in [0, 0.1) is 10.1 Å². The van der Waals surface area contributed by atoms with Gasteiger partial charge < -0.3 is 14.8 Å². The second-order valence-electron chi connectivity index (χ2n) is 5.01. The Morgan fingerprint density at radius 1 is 1.30 bits per heavy atom. The molecule has 0 aliphatic rings. The van der Waals surface area contributed by atoms with E-state index in [2.05, 4.69) is 26.6 Å². The molecule has 0 radical (unpaired) electrons. The van der Waals surface area contributed by atoms with Crippen LogP contribution in [0.1, 0.15) is 0 Å². The first kappa shape index (κ1) is 20.9. The fourth-order valence-corrected chi connectivity index (χ4v) is 2.91. The van der Waals surface area contributed by atoms with E-state index in [0.717, 1.165) is 4.47 Å². The highest BCUT2D eigenvalue weighted by Crippen LogP contribution is 2.29. The molecule has 27 heavy (non-hydrogen) atoms. The summed E-state index contributed by atoms with van der Waals surface area (Å²) in [5.74, 6) is 0.139. The number of non-ortho nitro benzene ring substituents is 1. The third-order valence-electron chi connectivity index (χ3n) is 3.15. The Labute approximate surface area is 173 Å². The van der Waals surface area contributed by atoms with Crippen molar-refractivity contribution in [3.63, 3.8) is 0 Å². The third-order valence-corrected chi connectivity index (χ3v) is 4.14. The molecule has 0 spiro atoms. The van der Waals surface area contributed by atoms with Crippen molar-refractivity contribution in [1.29, 1.82) is 0 Å². The summed E-state index contributed by atoms with van der Waals surface area (Å²) >= 11 is 14.3. The Kier molecular flexibility index (Phi) is 7.34. The van der Waals surface area contributed by atoms with Gasteiger partial charge in [-0.15, -0.1) is 0 Å². The summed E-state index contributed by atoms with van der Waals surface area (Å²) in [6, 6.07) is 8.93. The van der Waals surface area contributed by atoms with Gasteiger partial charge in [-0.1, -0.05) is 27.5 Å². The first-order chi connectivity index (χ1) is 12.8. The molecule has 1 amide bonds. The second-order valence-corrected chi connectivity index (χ2v) is 6.74. The molecule has 11 heteroatoms. The summed E-state index contributed by atoms with van der Waals surface area (Å²) in [6.45, 7) is -0.324. The van der Waals surface area contributed by atoms with E-state index >= 15 is 0 Å². The lowest BCUT2D eigenvalue weighted by Gasteiger charge is -2.13. The molecular weight excluding hydrogens is 462 g/mol. The lowest BCUT2D eigenvalue weighted by molar-refractivity contribution is -0.384. The maximum Gasteiger partial charge on any atom is 0.271 e. The van der Waals surface area contributed by atoms with Crippen LogP contribution in [-0.4, -0.2) is 29.7 Å². The molecule has 2 rings (SSSR count). The lowest BCUT2D eigenvalue weighted by atomic mass is 10.2. The van der Waals surface area contributed by atoms with E-state index in [1.807, 2.05) is 0 Å². The third kappa shape index (κ3) is 6.05. The molecule has 0 aromatic heterocycles. The highest BCUT2D eigenvalue weighted by atomic mass is 79.9. The predicted molar refractivity (Wildman–Crippen MR) is 109 cm³/mol. The molecule has 2 aromatic carbocycles. The van der Waals surface area contributed by atoms with Crippen molar-refractivity contribution in [3.05, 3.63) is 56.0 Å². The number of nitro groups is 1. The summed E-state index contributed by atoms with van der Waals surface area (Å²) in [4.78, 5) is 22.3. The van der Waals surface area contributed by atoms with E-state index in [-0.39, 0.29) is 23.1 Å². The van der Waals surface area contributed by atoms with E-state index in [4.69, 9.17) is 33.3 Å². The molecule has 0 bridgehead atoms. The van der Waals surface area contributed by atoms with Crippen LogP contribution in [0.4, 0.5) is 11.4 Å². The zero-order valence-electron chi connectivity index (χ0n) is 13.8. The van der Waals surface area contributed by atoms with Crippen LogP contribution in [0.15, 0.2) is 40.9 Å². The van der Waals surface area contributed by atoms with Gasteiger partial charge in [-0.2, -0.15) is 0 Å². The van der Waals surface area contributed by atoms with Gasteiger partial charge in [-0.3, -0.25) is 20.2 Å². The zero-order chi connectivity index (χ0) is 20.0. The molecule has 8 nitrogen and oxygen atoms in total. The number of methoxy groups -OCH3 is 1. The molecule has 142 valence electrons. The molecular formula is C16H13BrClN3O5S. The number of ether oxygens (including phenoxy) is 2. The van der Waals surface area contributed by atoms with Gasteiger partial charge in [0.15, 0.2) is 11.7 Å². The Balaban J connectivity index is 1.96. The van der Waals surface area contributed by atoms with Gasteiger partial charge >= 0.3 is 0 Å². The Morgan fingerprint density at radius 2 is 2.00 bits per heavy atom. The average molecular weight is 475 g/mol. The molecule has 0 unspecified atom stereocenters. The average Bonchev–Trinajstić information content (AvgIpc) is 2.60. The van der Waals surface area contributed by atoms with Crippen molar-refractivity contribution in [2.75, 3.05) is 19.0 Å². The molecule has 0 fully saturated rings. The maximum atomic E-state index is 12.0. The Bertz CT molecular complexity index is 896. The van der Waals surface area contributed by atoms with Crippen LogP contribution in [0.5, 0.6) is 11.5 Å². The van der Waals surface area contributed by atoms with E-state index in [1.165, 1.54) is 25.3 Å². The minimum atomic E-state index is -0.554. The van der Waals surface area contributed by atoms with E-state index < -0.39 is 10.8 Å². The molecule has 0 aliphatic heterocycles. The van der Waals surface area contributed by atoms with Gasteiger partial charge in [0.25, 0.3) is 11.6 Å². The standard InChI is InChI=1S/C16H13BrClN3O5S/c1-25-14-5-3-10(21(23)24)7-12(14)19-16(27)20-15(22)8-26-13-4-2-9(17)6-11(13)18/h2-7H,8H2,1H3,(H2,19,20,22,27). The van der Waals surface area contributed by atoms with Crippen molar-refractivity contribution in [2.24, 2.45) is 0 Å². The first-order valence-corrected chi connectivity index (χ1v) is 8.89. The predicted octanol–water partition coefficient (Wildman–Crippen LogP) is 3.91. The highest BCUT2D eigenvalue weighted by molar-refractivity contribution is 9.10.